The van der Waals surface area contributed by atoms with E-state index in [9.17, 15) is 14.9 Å². The molecule has 4 rings (SSSR count). The fraction of sp³-hybridized carbons (Fsp3) is 0.200. The summed E-state index contributed by atoms with van der Waals surface area (Å²) in [5, 5.41) is 16.1. The van der Waals surface area contributed by atoms with Gasteiger partial charge in [-0.15, -0.1) is 11.3 Å². The number of thiazole rings is 1. The third-order valence-corrected chi connectivity index (χ3v) is 5.31. The van der Waals surface area contributed by atoms with E-state index in [1.54, 1.807) is 18.2 Å². The van der Waals surface area contributed by atoms with Crippen molar-refractivity contribution < 1.29 is 14.5 Å². The second-order valence-corrected chi connectivity index (χ2v) is 7.30. The van der Waals surface area contributed by atoms with Gasteiger partial charge in [-0.2, -0.15) is 0 Å². The number of amides is 1. The molecule has 0 atom stereocenters. The summed E-state index contributed by atoms with van der Waals surface area (Å²) in [6.45, 7) is 2.78. The molecular weight excluding hydrogens is 392 g/mol. The highest BCUT2D eigenvalue weighted by atomic mass is 32.1. The summed E-state index contributed by atoms with van der Waals surface area (Å²) in [5.41, 5.74) is 2.76. The molecule has 1 aliphatic rings. The van der Waals surface area contributed by atoms with Crippen LogP contribution < -0.4 is 14.9 Å². The first kappa shape index (κ1) is 18.9. The van der Waals surface area contributed by atoms with Crippen molar-refractivity contribution in [3.8, 4) is 17.0 Å². The Labute approximate surface area is 170 Å². The van der Waals surface area contributed by atoms with Gasteiger partial charge in [0.25, 0.3) is 11.6 Å². The van der Waals surface area contributed by atoms with Gasteiger partial charge in [0.05, 0.1) is 16.3 Å². The first-order valence-electron chi connectivity index (χ1n) is 9.10. The van der Waals surface area contributed by atoms with Crippen LogP contribution in [0.15, 0.2) is 52.8 Å². The summed E-state index contributed by atoms with van der Waals surface area (Å²) in [4.78, 5) is 27.8. The number of anilines is 1. The van der Waals surface area contributed by atoms with Crippen LogP contribution in [0.3, 0.4) is 0 Å². The lowest BCUT2D eigenvalue weighted by atomic mass is 10.1. The van der Waals surface area contributed by atoms with Crippen LogP contribution in [0.1, 0.15) is 13.3 Å². The van der Waals surface area contributed by atoms with Crippen molar-refractivity contribution in [1.29, 1.82) is 0 Å². The van der Waals surface area contributed by atoms with Crippen LogP contribution in [-0.2, 0) is 11.3 Å². The molecule has 0 fully saturated rings. The Bertz CT molecular complexity index is 1170. The van der Waals surface area contributed by atoms with E-state index in [-0.39, 0.29) is 18.2 Å². The lowest BCUT2D eigenvalue weighted by Crippen LogP contribution is -2.25. The summed E-state index contributed by atoms with van der Waals surface area (Å²) in [7, 11) is 0. The van der Waals surface area contributed by atoms with Crippen LogP contribution >= 0.6 is 11.3 Å². The maximum absolute atomic E-state index is 11.6. The minimum atomic E-state index is -0.427. The van der Waals surface area contributed by atoms with Gasteiger partial charge in [-0.1, -0.05) is 19.1 Å². The van der Waals surface area contributed by atoms with E-state index in [0.717, 1.165) is 17.7 Å². The fourth-order valence-corrected chi connectivity index (χ4v) is 4.10. The zero-order valence-electron chi connectivity index (χ0n) is 15.6. The van der Waals surface area contributed by atoms with Crippen LogP contribution in [0.2, 0.25) is 0 Å². The van der Waals surface area contributed by atoms with Crippen molar-refractivity contribution in [2.24, 2.45) is 4.99 Å². The molecule has 0 aliphatic carbocycles. The van der Waals surface area contributed by atoms with Crippen LogP contribution in [0, 0.1) is 10.1 Å². The molecule has 2 aromatic carbocycles. The minimum Gasteiger partial charge on any atom is -0.482 e. The van der Waals surface area contributed by atoms with Gasteiger partial charge in [0.2, 0.25) is 0 Å². The Kier molecular flexibility index (Phi) is 5.13. The zero-order chi connectivity index (χ0) is 20.4. The number of nitrogens with zero attached hydrogens (tertiary/aromatic N) is 3. The Morgan fingerprint density at radius 3 is 2.93 bits per heavy atom. The predicted molar refractivity (Wildman–Crippen MR) is 110 cm³/mol. The second-order valence-electron chi connectivity index (χ2n) is 6.46. The number of para-hydroxylation sites is 2. The Morgan fingerprint density at radius 1 is 1.31 bits per heavy atom. The molecular formula is C20H18N4O4S. The number of hydrogen-bond acceptors (Lipinski definition) is 6. The van der Waals surface area contributed by atoms with E-state index in [0.29, 0.717) is 28.5 Å². The SMILES string of the molecule is CCCn1c(-c2ccc3c(c2)NC(=O)CO3)csc1=Nc1ccccc1[N+](=O)[O-]. The highest BCUT2D eigenvalue weighted by Crippen LogP contribution is 2.33. The number of ether oxygens (including phenoxy) is 1. The van der Waals surface area contributed by atoms with Crippen molar-refractivity contribution in [1.82, 2.24) is 4.57 Å². The molecule has 0 spiro atoms. The molecule has 3 aromatic rings. The number of hydrogen-bond donors (Lipinski definition) is 1. The smallest absolute Gasteiger partial charge is 0.294 e. The van der Waals surface area contributed by atoms with Crippen LogP contribution in [0.5, 0.6) is 5.75 Å². The average Bonchev–Trinajstić information content (AvgIpc) is 3.10. The molecule has 1 amide bonds. The van der Waals surface area contributed by atoms with Crippen LogP contribution in [0.4, 0.5) is 17.1 Å². The summed E-state index contributed by atoms with van der Waals surface area (Å²) in [6.07, 6.45) is 0.874. The van der Waals surface area contributed by atoms with Gasteiger partial charge in [-0.05, 0) is 30.7 Å². The number of fused-ring (bicyclic) bond motifs is 1. The van der Waals surface area contributed by atoms with Crippen molar-refractivity contribution >= 4 is 34.3 Å². The molecule has 1 aromatic heterocycles. The monoisotopic (exact) mass is 410 g/mol. The van der Waals surface area contributed by atoms with E-state index >= 15 is 0 Å². The molecule has 0 radical (unpaired) electrons. The molecule has 0 saturated carbocycles. The highest BCUT2D eigenvalue weighted by molar-refractivity contribution is 7.07. The molecule has 9 heteroatoms. The normalized spacial score (nSPS) is 13.6. The van der Waals surface area contributed by atoms with Crippen molar-refractivity contribution in [2.75, 3.05) is 11.9 Å². The Hall–Kier alpha value is -3.46. The molecule has 29 heavy (non-hydrogen) atoms. The summed E-state index contributed by atoms with van der Waals surface area (Å²) in [6, 6.07) is 12.1. The molecule has 1 aliphatic heterocycles. The fourth-order valence-electron chi connectivity index (χ4n) is 3.15. The molecule has 1 N–H and O–H groups in total. The number of nitro benzene ring substituents is 1. The first-order chi connectivity index (χ1) is 14.1. The van der Waals surface area contributed by atoms with Crippen LogP contribution in [-0.4, -0.2) is 22.0 Å². The topological polar surface area (TPSA) is 98.8 Å². The number of nitrogens with one attached hydrogen (secondary N) is 1. The van der Waals surface area contributed by atoms with Gasteiger partial charge >= 0.3 is 0 Å². The highest BCUT2D eigenvalue weighted by Gasteiger charge is 2.18. The van der Waals surface area contributed by atoms with E-state index in [2.05, 4.69) is 17.2 Å². The van der Waals surface area contributed by atoms with Crippen molar-refractivity contribution in [3.63, 3.8) is 0 Å². The standard InChI is InChI=1S/C20H18N4O4S/c1-2-9-23-17(13-7-8-18-15(10-13)21-19(25)11-28-18)12-29-20(23)22-14-5-3-4-6-16(14)24(26)27/h3-8,10,12H,2,9,11H2,1H3,(H,21,25). The van der Waals surface area contributed by atoms with E-state index in [4.69, 9.17) is 4.74 Å². The number of carbonyl (C=O) groups excluding carboxylic acids is 1. The predicted octanol–water partition coefficient (Wildman–Crippen LogP) is 4.10. The largest absolute Gasteiger partial charge is 0.482 e. The molecule has 8 nitrogen and oxygen atoms in total. The molecule has 0 unspecified atom stereocenters. The molecule has 0 saturated heterocycles. The maximum atomic E-state index is 11.6. The molecule has 148 valence electrons. The number of rotatable bonds is 5. The third-order valence-electron chi connectivity index (χ3n) is 4.45. The average molecular weight is 410 g/mol. The number of carbonyl (C=O) groups is 1. The lowest BCUT2D eigenvalue weighted by Gasteiger charge is -2.18. The summed E-state index contributed by atoms with van der Waals surface area (Å²) >= 11 is 1.42. The zero-order valence-corrected chi connectivity index (χ0v) is 16.4. The van der Waals surface area contributed by atoms with Crippen LogP contribution in [0.25, 0.3) is 11.3 Å². The third kappa shape index (κ3) is 3.77. The molecule has 2 heterocycles. The Balaban J connectivity index is 1.82. The minimum absolute atomic E-state index is 0.0134. The maximum Gasteiger partial charge on any atom is 0.294 e. The number of nitro groups is 1. The number of benzene rings is 2. The van der Waals surface area contributed by atoms with E-state index < -0.39 is 4.92 Å². The summed E-state index contributed by atoms with van der Waals surface area (Å²) in [5.74, 6) is 0.448. The van der Waals surface area contributed by atoms with Gasteiger partial charge in [0, 0.05) is 23.6 Å². The van der Waals surface area contributed by atoms with Crippen molar-refractivity contribution in [2.45, 2.75) is 19.9 Å². The lowest BCUT2D eigenvalue weighted by molar-refractivity contribution is -0.384. The Morgan fingerprint density at radius 2 is 2.14 bits per heavy atom. The van der Waals surface area contributed by atoms with Gasteiger partial charge in [-0.25, -0.2) is 4.99 Å². The number of aromatic nitrogens is 1. The first-order valence-corrected chi connectivity index (χ1v) is 9.98. The van der Waals surface area contributed by atoms with Gasteiger partial charge in [-0.3, -0.25) is 14.9 Å². The quantitative estimate of drug-likeness (QED) is 0.506. The second kappa shape index (κ2) is 7.88. The van der Waals surface area contributed by atoms with E-state index in [1.165, 1.54) is 17.4 Å². The van der Waals surface area contributed by atoms with Gasteiger partial charge in [0.1, 0.15) is 11.4 Å². The van der Waals surface area contributed by atoms with Gasteiger partial charge < -0.3 is 14.6 Å². The van der Waals surface area contributed by atoms with Crippen molar-refractivity contribution in [3.05, 3.63) is 62.8 Å². The van der Waals surface area contributed by atoms with E-state index in [1.807, 2.05) is 28.1 Å². The summed E-state index contributed by atoms with van der Waals surface area (Å²) < 4.78 is 7.46. The molecule has 0 bridgehead atoms. The van der Waals surface area contributed by atoms with Gasteiger partial charge in [0.15, 0.2) is 11.4 Å².